The zero-order valence-electron chi connectivity index (χ0n) is 23.3. The molecule has 1 fully saturated rings. The summed E-state index contributed by atoms with van der Waals surface area (Å²) in [6.07, 6.45) is 7.61. The third-order valence-corrected chi connectivity index (χ3v) is 7.65. The van der Waals surface area contributed by atoms with Crippen LogP contribution in [0.4, 0.5) is 11.4 Å². The molecule has 3 heterocycles. The van der Waals surface area contributed by atoms with Crippen molar-refractivity contribution in [3.05, 3.63) is 83.2 Å². The second-order valence-corrected chi connectivity index (χ2v) is 11.0. The number of hydrogen-bond acceptors (Lipinski definition) is 7. The summed E-state index contributed by atoms with van der Waals surface area (Å²) in [5.41, 5.74) is 4.30. The fourth-order valence-corrected chi connectivity index (χ4v) is 4.99. The fourth-order valence-electron chi connectivity index (χ4n) is 4.99. The normalized spacial score (nSPS) is 17.4. The molecular weight excluding hydrogens is 502 g/mol. The van der Waals surface area contributed by atoms with Gasteiger partial charge in [0.1, 0.15) is 5.75 Å². The number of nitrogens with zero attached hydrogens (tertiary/aromatic N) is 4. The highest BCUT2D eigenvalue weighted by Crippen LogP contribution is 2.34. The van der Waals surface area contributed by atoms with Crippen molar-refractivity contribution in [2.75, 3.05) is 36.7 Å². The first kappa shape index (κ1) is 27.4. The van der Waals surface area contributed by atoms with Gasteiger partial charge in [-0.2, -0.15) is 10.4 Å². The van der Waals surface area contributed by atoms with Crippen LogP contribution in [0.1, 0.15) is 59.7 Å². The first-order valence-electron chi connectivity index (χ1n) is 13.7. The number of carbonyl (C=O) groups is 1. The zero-order valence-corrected chi connectivity index (χ0v) is 23.3. The Bertz CT molecular complexity index is 1440. The van der Waals surface area contributed by atoms with Crippen molar-refractivity contribution in [1.29, 1.82) is 5.26 Å². The molecule has 0 spiro atoms. The lowest BCUT2D eigenvalue weighted by Gasteiger charge is -2.23. The quantitative estimate of drug-likeness (QED) is 0.388. The van der Waals surface area contributed by atoms with Crippen LogP contribution in [0.5, 0.6) is 5.75 Å². The first-order valence-corrected chi connectivity index (χ1v) is 13.7. The van der Waals surface area contributed by atoms with E-state index in [1.54, 1.807) is 18.3 Å². The van der Waals surface area contributed by atoms with Crippen molar-refractivity contribution >= 4 is 23.5 Å². The number of carbonyl (C=O) groups excluding carboxylic acids is 1. The lowest BCUT2D eigenvalue weighted by Crippen LogP contribution is -2.22. The summed E-state index contributed by atoms with van der Waals surface area (Å²) in [4.78, 5) is 17.4. The first-order chi connectivity index (χ1) is 19.3. The van der Waals surface area contributed by atoms with E-state index in [0.29, 0.717) is 30.3 Å². The number of hydrogen-bond donors (Lipinski definition) is 1. The van der Waals surface area contributed by atoms with Gasteiger partial charge in [-0.15, -0.1) is 0 Å². The molecule has 5 rings (SSSR count). The van der Waals surface area contributed by atoms with Gasteiger partial charge in [0.25, 0.3) is 5.91 Å². The summed E-state index contributed by atoms with van der Waals surface area (Å²) in [6, 6.07) is 17.3. The Labute approximate surface area is 235 Å². The maximum atomic E-state index is 13.1. The Hall–Kier alpha value is -4.22. The minimum Gasteiger partial charge on any atom is -0.493 e. The van der Waals surface area contributed by atoms with Crippen LogP contribution in [0.15, 0.2) is 66.0 Å². The van der Waals surface area contributed by atoms with Gasteiger partial charge < -0.3 is 14.8 Å². The minimum absolute atomic E-state index is 0.0299. The second-order valence-electron chi connectivity index (χ2n) is 11.0. The number of amides is 1. The van der Waals surface area contributed by atoms with Gasteiger partial charge in [0.15, 0.2) is 0 Å². The van der Waals surface area contributed by atoms with E-state index < -0.39 is 5.41 Å². The molecule has 2 aliphatic rings. The lowest BCUT2D eigenvalue weighted by molar-refractivity contribution is 0.0496. The van der Waals surface area contributed by atoms with Crippen molar-refractivity contribution in [3.8, 4) is 11.8 Å². The number of benzene rings is 2. The number of aromatic nitrogens is 1. The molecule has 0 bridgehead atoms. The van der Waals surface area contributed by atoms with Crippen LogP contribution < -0.4 is 15.1 Å². The Kier molecular flexibility index (Phi) is 8.13. The van der Waals surface area contributed by atoms with Gasteiger partial charge in [-0.25, -0.2) is 0 Å². The summed E-state index contributed by atoms with van der Waals surface area (Å²) in [6.45, 7) is 8.62. The van der Waals surface area contributed by atoms with Gasteiger partial charge in [0, 0.05) is 54.6 Å². The predicted octanol–water partition coefficient (Wildman–Crippen LogP) is 5.84. The molecule has 1 saturated heterocycles. The SMILES string of the molecule is Cc1ccc(NC(=O)c2cccc(C(C)(C)C#N)c2)cc1N1CC(c2cnccc2OCC2CCOCC2)C=N1. The molecule has 1 atom stereocenters. The fraction of sp³-hybridized carbons (Fsp3) is 0.375. The predicted molar refractivity (Wildman–Crippen MR) is 156 cm³/mol. The Morgan fingerprint density at radius 3 is 2.83 bits per heavy atom. The molecule has 0 aliphatic carbocycles. The zero-order chi connectivity index (χ0) is 28.1. The molecule has 40 heavy (non-hydrogen) atoms. The van der Waals surface area contributed by atoms with Crippen molar-refractivity contribution < 1.29 is 14.3 Å². The van der Waals surface area contributed by atoms with E-state index in [1.807, 2.05) is 74.6 Å². The van der Waals surface area contributed by atoms with Crippen molar-refractivity contribution in [2.24, 2.45) is 11.0 Å². The van der Waals surface area contributed by atoms with Crippen LogP contribution in [0.2, 0.25) is 0 Å². The number of ether oxygens (including phenoxy) is 2. The highest BCUT2D eigenvalue weighted by Gasteiger charge is 2.26. The van der Waals surface area contributed by atoms with Crippen LogP contribution in [0.3, 0.4) is 0 Å². The maximum Gasteiger partial charge on any atom is 0.255 e. The third-order valence-electron chi connectivity index (χ3n) is 7.65. The number of hydrazone groups is 1. The van der Waals surface area contributed by atoms with E-state index >= 15 is 0 Å². The number of nitrogens with one attached hydrogen (secondary N) is 1. The van der Waals surface area contributed by atoms with E-state index in [-0.39, 0.29) is 11.8 Å². The van der Waals surface area contributed by atoms with Crippen molar-refractivity contribution in [2.45, 2.75) is 44.9 Å². The highest BCUT2D eigenvalue weighted by atomic mass is 16.5. The van der Waals surface area contributed by atoms with E-state index in [4.69, 9.17) is 14.6 Å². The molecule has 2 aliphatic heterocycles. The lowest BCUT2D eigenvalue weighted by atomic mass is 9.85. The molecule has 1 aromatic heterocycles. The third kappa shape index (κ3) is 6.16. The largest absolute Gasteiger partial charge is 0.493 e. The van der Waals surface area contributed by atoms with Crippen LogP contribution in [0, 0.1) is 24.2 Å². The van der Waals surface area contributed by atoms with E-state index in [0.717, 1.165) is 54.2 Å². The molecule has 8 heteroatoms. The van der Waals surface area contributed by atoms with Gasteiger partial charge in [0.05, 0.1) is 30.3 Å². The van der Waals surface area contributed by atoms with Crippen LogP contribution in [-0.2, 0) is 10.2 Å². The minimum atomic E-state index is -0.679. The number of pyridine rings is 1. The Balaban J connectivity index is 1.27. The molecule has 2 aromatic carbocycles. The van der Waals surface area contributed by atoms with Gasteiger partial charge >= 0.3 is 0 Å². The van der Waals surface area contributed by atoms with Crippen molar-refractivity contribution in [3.63, 3.8) is 0 Å². The van der Waals surface area contributed by atoms with Crippen LogP contribution in [-0.4, -0.2) is 43.5 Å². The number of aryl methyl sites for hydroxylation is 1. The summed E-state index contributed by atoms with van der Waals surface area (Å²) >= 11 is 0. The number of nitriles is 1. The molecule has 1 N–H and O–H groups in total. The summed E-state index contributed by atoms with van der Waals surface area (Å²) < 4.78 is 11.7. The molecule has 206 valence electrons. The molecule has 3 aromatic rings. The van der Waals surface area contributed by atoms with Crippen LogP contribution in [0.25, 0.3) is 0 Å². The van der Waals surface area contributed by atoms with Gasteiger partial charge in [-0.1, -0.05) is 18.2 Å². The summed E-state index contributed by atoms with van der Waals surface area (Å²) in [7, 11) is 0. The van der Waals surface area contributed by atoms with E-state index in [2.05, 4.69) is 16.4 Å². The maximum absolute atomic E-state index is 13.1. The molecule has 1 amide bonds. The molecule has 1 unspecified atom stereocenters. The summed E-state index contributed by atoms with van der Waals surface area (Å²) in [5, 5.41) is 19.2. The average molecular weight is 538 g/mol. The molecule has 0 radical (unpaired) electrons. The Morgan fingerprint density at radius 1 is 1.20 bits per heavy atom. The molecular formula is C32H35N5O3. The van der Waals surface area contributed by atoms with Crippen molar-refractivity contribution in [1.82, 2.24) is 4.98 Å². The monoisotopic (exact) mass is 537 g/mol. The smallest absolute Gasteiger partial charge is 0.255 e. The number of rotatable bonds is 8. The average Bonchev–Trinajstić information content (AvgIpc) is 3.48. The van der Waals surface area contributed by atoms with Gasteiger partial charge in [-0.3, -0.25) is 14.8 Å². The van der Waals surface area contributed by atoms with Gasteiger partial charge in [0.2, 0.25) is 0 Å². The van der Waals surface area contributed by atoms with E-state index in [1.165, 1.54) is 0 Å². The Morgan fingerprint density at radius 2 is 2.02 bits per heavy atom. The van der Waals surface area contributed by atoms with Crippen LogP contribution >= 0.6 is 0 Å². The molecule has 8 nitrogen and oxygen atoms in total. The van der Waals surface area contributed by atoms with E-state index in [9.17, 15) is 10.1 Å². The highest BCUT2D eigenvalue weighted by molar-refractivity contribution is 6.04. The van der Waals surface area contributed by atoms with Gasteiger partial charge in [-0.05, 0) is 81.0 Å². The molecule has 0 saturated carbocycles. The summed E-state index contributed by atoms with van der Waals surface area (Å²) in [5.74, 6) is 1.15. The second kappa shape index (κ2) is 11.9. The number of anilines is 2. The topological polar surface area (TPSA) is 99.8 Å². The standard InChI is InChI=1S/C32H35N5O3/c1-22-7-8-27(36-31(38)24-5-4-6-26(15-24)32(2,3)21-33)16-29(22)37-19-25(17-35-37)28-18-34-12-9-30(28)40-20-23-10-13-39-14-11-23/h4-9,12,15-18,23,25H,10-11,13-14,19-20H2,1-3H3,(H,36,38).